The molecule has 0 fully saturated rings. The molecule has 0 bridgehead atoms. The van der Waals surface area contributed by atoms with Crippen LogP contribution in [-0.4, -0.2) is 50.1 Å². The lowest BCUT2D eigenvalue weighted by molar-refractivity contribution is 0.316. The molecule has 1 heterocycles. The van der Waals surface area contributed by atoms with Gasteiger partial charge >= 0.3 is 0 Å². The second-order valence-corrected chi connectivity index (χ2v) is 8.35. The molecule has 0 atom stereocenters. The lowest BCUT2D eigenvalue weighted by Crippen LogP contribution is -2.28. The highest BCUT2D eigenvalue weighted by Gasteiger charge is 2.15. The first-order chi connectivity index (χ1) is 14.0. The molecule has 1 aromatic heterocycles. The van der Waals surface area contributed by atoms with Gasteiger partial charge in [0.2, 0.25) is 0 Å². The molecule has 29 heavy (non-hydrogen) atoms. The Labute approximate surface area is 176 Å². The second kappa shape index (κ2) is 9.29. The monoisotopic (exact) mass is 410 g/mol. The van der Waals surface area contributed by atoms with Gasteiger partial charge in [0, 0.05) is 54.7 Å². The van der Waals surface area contributed by atoms with Crippen LogP contribution >= 0.6 is 11.3 Å². The van der Waals surface area contributed by atoms with Crippen molar-refractivity contribution in [2.75, 3.05) is 45.6 Å². The number of anilines is 1. The molecule has 0 saturated carbocycles. The third-order valence-corrected chi connectivity index (χ3v) is 6.28. The van der Waals surface area contributed by atoms with Gasteiger partial charge in [0.05, 0.1) is 15.8 Å². The maximum Gasteiger partial charge on any atom is 0.197 e. The smallest absolute Gasteiger partial charge is 0.197 e. The van der Waals surface area contributed by atoms with Crippen LogP contribution in [0.15, 0.2) is 47.4 Å². The summed E-state index contributed by atoms with van der Waals surface area (Å²) in [6.07, 6.45) is 1.88. The Kier molecular flexibility index (Phi) is 6.77. The number of rotatable bonds is 8. The molecule has 5 nitrogen and oxygen atoms in total. The fourth-order valence-corrected chi connectivity index (χ4v) is 4.75. The standard InChI is InChI=1S/C23H30N4OS/c1-5-27(6-2)14-13-25-19-12-11-16(18(24)15-26(3)4)23-21(19)22(28)17-9-7-8-10-20(17)29-23/h7-12,15,25H,5-6,13-14,24H2,1-4H3. The SMILES string of the molecule is CCN(CC)CCNc1ccc(C(N)=CN(C)C)c2sc3ccccc3c(=O)c12. The van der Waals surface area contributed by atoms with Crippen molar-refractivity contribution in [3.8, 4) is 0 Å². The highest BCUT2D eigenvalue weighted by Crippen LogP contribution is 2.34. The summed E-state index contributed by atoms with van der Waals surface area (Å²) < 4.78 is 1.90. The van der Waals surface area contributed by atoms with Gasteiger partial charge in [0.15, 0.2) is 5.43 Å². The Hall–Kier alpha value is -2.57. The third kappa shape index (κ3) is 4.54. The largest absolute Gasteiger partial charge is 0.397 e. The minimum atomic E-state index is 0.0548. The summed E-state index contributed by atoms with van der Waals surface area (Å²) in [5, 5.41) is 4.97. The summed E-state index contributed by atoms with van der Waals surface area (Å²) in [6.45, 7) is 8.08. The topological polar surface area (TPSA) is 61.6 Å². The summed E-state index contributed by atoms with van der Waals surface area (Å²) in [5.41, 5.74) is 8.86. The van der Waals surface area contributed by atoms with Crippen LogP contribution in [0.4, 0.5) is 5.69 Å². The van der Waals surface area contributed by atoms with Crippen molar-refractivity contribution in [1.82, 2.24) is 9.80 Å². The van der Waals surface area contributed by atoms with Crippen LogP contribution < -0.4 is 16.5 Å². The quantitative estimate of drug-likeness (QED) is 0.550. The van der Waals surface area contributed by atoms with Crippen molar-refractivity contribution in [1.29, 1.82) is 0 Å². The van der Waals surface area contributed by atoms with Gasteiger partial charge in [-0.3, -0.25) is 4.79 Å². The fraction of sp³-hybridized carbons (Fsp3) is 0.348. The zero-order chi connectivity index (χ0) is 21.0. The summed E-state index contributed by atoms with van der Waals surface area (Å²) in [4.78, 5) is 17.7. The van der Waals surface area contributed by atoms with Crippen LogP contribution in [0.2, 0.25) is 0 Å². The van der Waals surface area contributed by atoms with E-state index in [4.69, 9.17) is 5.73 Å². The predicted octanol–water partition coefficient (Wildman–Crippen LogP) is 3.99. The van der Waals surface area contributed by atoms with Gasteiger partial charge in [-0.05, 0) is 37.4 Å². The molecule has 0 aliphatic carbocycles. The molecule has 154 valence electrons. The average Bonchev–Trinajstić information content (AvgIpc) is 2.70. The molecule has 0 amide bonds. The van der Waals surface area contributed by atoms with E-state index in [0.717, 1.165) is 57.6 Å². The number of hydrogen-bond acceptors (Lipinski definition) is 6. The number of nitrogens with zero attached hydrogens (tertiary/aromatic N) is 2. The van der Waals surface area contributed by atoms with Crippen molar-refractivity contribution >= 4 is 42.9 Å². The highest BCUT2D eigenvalue weighted by atomic mass is 32.1. The van der Waals surface area contributed by atoms with E-state index in [1.807, 2.05) is 61.6 Å². The zero-order valence-electron chi connectivity index (χ0n) is 17.7. The van der Waals surface area contributed by atoms with Gasteiger partial charge in [-0.1, -0.05) is 26.0 Å². The molecule has 0 saturated heterocycles. The van der Waals surface area contributed by atoms with E-state index < -0.39 is 0 Å². The normalized spacial score (nSPS) is 12.1. The molecule has 6 heteroatoms. The molecular weight excluding hydrogens is 380 g/mol. The Balaban J connectivity index is 2.15. The highest BCUT2D eigenvalue weighted by molar-refractivity contribution is 7.24. The molecule has 3 aromatic rings. The molecule has 2 aromatic carbocycles. The van der Waals surface area contributed by atoms with Crippen molar-refractivity contribution in [2.45, 2.75) is 13.8 Å². The van der Waals surface area contributed by atoms with Gasteiger partial charge < -0.3 is 20.9 Å². The Morgan fingerprint density at radius 1 is 1.14 bits per heavy atom. The van der Waals surface area contributed by atoms with Gasteiger partial charge in [-0.2, -0.15) is 0 Å². The van der Waals surface area contributed by atoms with E-state index in [1.54, 1.807) is 11.3 Å². The summed E-state index contributed by atoms with van der Waals surface area (Å²) in [6, 6.07) is 11.8. The lowest BCUT2D eigenvalue weighted by Gasteiger charge is -2.19. The molecule has 0 aliphatic heterocycles. The van der Waals surface area contributed by atoms with E-state index in [9.17, 15) is 4.79 Å². The van der Waals surface area contributed by atoms with Crippen molar-refractivity contribution < 1.29 is 0 Å². The molecule has 0 unspecified atom stereocenters. The van der Waals surface area contributed by atoms with Crippen LogP contribution in [0, 0.1) is 0 Å². The molecule has 3 rings (SSSR count). The molecule has 3 N–H and O–H groups in total. The minimum Gasteiger partial charge on any atom is -0.397 e. The molecule has 0 spiro atoms. The number of likely N-dealkylation sites (N-methyl/N-ethyl adjacent to an activating group) is 1. The minimum absolute atomic E-state index is 0.0548. The number of nitrogens with one attached hydrogen (secondary N) is 1. The first-order valence-electron chi connectivity index (χ1n) is 10.0. The Bertz CT molecular complexity index is 1080. The maximum absolute atomic E-state index is 13.4. The van der Waals surface area contributed by atoms with Crippen LogP contribution in [-0.2, 0) is 0 Å². The second-order valence-electron chi connectivity index (χ2n) is 7.29. The number of nitrogens with two attached hydrogens (primary N) is 1. The zero-order valence-corrected chi connectivity index (χ0v) is 18.5. The van der Waals surface area contributed by atoms with Crippen molar-refractivity contribution in [3.05, 3.63) is 58.4 Å². The van der Waals surface area contributed by atoms with Crippen LogP contribution in [0.3, 0.4) is 0 Å². The maximum atomic E-state index is 13.4. The predicted molar refractivity (Wildman–Crippen MR) is 128 cm³/mol. The molecule has 0 aliphatic rings. The van der Waals surface area contributed by atoms with Crippen molar-refractivity contribution in [2.24, 2.45) is 5.73 Å². The summed E-state index contributed by atoms with van der Waals surface area (Å²) in [7, 11) is 3.88. The van der Waals surface area contributed by atoms with Gasteiger partial charge in [0.1, 0.15) is 0 Å². The lowest BCUT2D eigenvalue weighted by atomic mass is 10.1. The number of benzene rings is 2. The van der Waals surface area contributed by atoms with E-state index >= 15 is 0 Å². The van der Waals surface area contributed by atoms with Crippen molar-refractivity contribution in [3.63, 3.8) is 0 Å². The van der Waals surface area contributed by atoms with Crippen LogP contribution in [0.5, 0.6) is 0 Å². The van der Waals surface area contributed by atoms with Gasteiger partial charge in [-0.25, -0.2) is 0 Å². The summed E-state index contributed by atoms with van der Waals surface area (Å²) >= 11 is 1.62. The van der Waals surface area contributed by atoms with Crippen LogP contribution in [0.1, 0.15) is 19.4 Å². The first-order valence-corrected chi connectivity index (χ1v) is 10.9. The molecule has 0 radical (unpaired) electrons. The fourth-order valence-electron chi connectivity index (χ4n) is 3.51. The van der Waals surface area contributed by atoms with E-state index in [2.05, 4.69) is 24.1 Å². The number of hydrogen-bond donors (Lipinski definition) is 2. The van der Waals surface area contributed by atoms with E-state index in [0.29, 0.717) is 5.70 Å². The first kappa shape index (κ1) is 21.1. The molecular formula is C23H30N4OS. The van der Waals surface area contributed by atoms with Gasteiger partial charge in [-0.15, -0.1) is 11.3 Å². The van der Waals surface area contributed by atoms with E-state index in [1.165, 1.54) is 0 Å². The Morgan fingerprint density at radius 2 is 1.86 bits per heavy atom. The van der Waals surface area contributed by atoms with Gasteiger partial charge in [0.25, 0.3) is 0 Å². The van der Waals surface area contributed by atoms with Crippen LogP contribution in [0.25, 0.3) is 25.9 Å². The number of fused-ring (bicyclic) bond motifs is 2. The van der Waals surface area contributed by atoms with E-state index in [-0.39, 0.29) is 5.43 Å². The summed E-state index contributed by atoms with van der Waals surface area (Å²) in [5.74, 6) is 0. The Morgan fingerprint density at radius 3 is 2.55 bits per heavy atom. The average molecular weight is 411 g/mol. The third-order valence-electron chi connectivity index (χ3n) is 5.07.